The maximum atomic E-state index is 12.5. The van der Waals surface area contributed by atoms with Crippen LogP contribution in [0.4, 0.5) is 4.79 Å². The Morgan fingerprint density at radius 3 is 2.02 bits per heavy atom. The molecule has 0 aliphatic carbocycles. The second-order valence-electron chi connectivity index (χ2n) is 12.6. The summed E-state index contributed by atoms with van der Waals surface area (Å²) in [6.07, 6.45) is 1.18. The molecule has 0 spiro atoms. The number of allylic oxidation sites excluding steroid dienone is 1. The minimum atomic E-state index is -0.468. The molecule has 43 heavy (non-hydrogen) atoms. The molecule has 7 nitrogen and oxygen atoms in total. The molecule has 2 aliphatic heterocycles. The summed E-state index contributed by atoms with van der Waals surface area (Å²) in [5.74, 6) is 2.02. The van der Waals surface area contributed by atoms with Crippen molar-refractivity contribution in [2.45, 2.75) is 39.2 Å². The minimum absolute atomic E-state index is 0.118. The maximum Gasteiger partial charge on any atom is 0.410 e. The number of likely N-dealkylation sites (tertiary alicyclic amines) is 2. The van der Waals surface area contributed by atoms with Crippen molar-refractivity contribution in [3.63, 3.8) is 0 Å². The highest BCUT2D eigenvalue weighted by atomic mass is 16.6. The van der Waals surface area contributed by atoms with E-state index in [1.165, 1.54) is 0 Å². The fourth-order valence-electron chi connectivity index (χ4n) is 6.21. The number of aliphatic hydroxyl groups is 1. The lowest BCUT2D eigenvalue weighted by Crippen LogP contribution is -2.38. The largest absolute Gasteiger partial charge is 0.508 e. The molecule has 0 aromatic heterocycles. The van der Waals surface area contributed by atoms with Crippen molar-refractivity contribution < 1.29 is 24.5 Å². The number of amides is 1. The third-order valence-corrected chi connectivity index (χ3v) is 8.20. The molecule has 0 saturated carbocycles. The van der Waals surface area contributed by atoms with E-state index in [2.05, 4.69) is 29.2 Å². The number of aromatic hydroxyl groups is 1. The fraction of sp³-hybridized carbons (Fsp3) is 0.417. The van der Waals surface area contributed by atoms with Crippen molar-refractivity contribution in [2.24, 2.45) is 11.8 Å². The number of nitrogens with zero attached hydrogens (tertiary/aromatic N) is 2. The van der Waals surface area contributed by atoms with Crippen molar-refractivity contribution in [2.75, 3.05) is 45.9 Å². The van der Waals surface area contributed by atoms with E-state index in [1.807, 2.05) is 68.1 Å². The molecule has 2 atom stereocenters. The van der Waals surface area contributed by atoms with Crippen LogP contribution in [0.15, 0.2) is 78.9 Å². The Balaban J connectivity index is 1.23. The number of fused-ring (bicyclic) bond motifs is 1. The summed E-state index contributed by atoms with van der Waals surface area (Å²) < 4.78 is 11.7. The number of rotatable bonds is 10. The molecule has 2 fully saturated rings. The second-order valence-corrected chi connectivity index (χ2v) is 12.6. The molecule has 1 amide bonds. The summed E-state index contributed by atoms with van der Waals surface area (Å²) in [5.41, 5.74) is 4.94. The van der Waals surface area contributed by atoms with Gasteiger partial charge in [-0.05, 0) is 97.6 Å². The lowest BCUT2D eigenvalue weighted by Gasteiger charge is -2.26. The van der Waals surface area contributed by atoms with Gasteiger partial charge in [0.25, 0.3) is 0 Å². The molecule has 228 valence electrons. The van der Waals surface area contributed by atoms with Gasteiger partial charge < -0.3 is 24.6 Å². The van der Waals surface area contributed by atoms with Gasteiger partial charge in [0, 0.05) is 39.3 Å². The molecule has 3 aromatic rings. The van der Waals surface area contributed by atoms with E-state index in [4.69, 9.17) is 9.47 Å². The minimum Gasteiger partial charge on any atom is -0.508 e. The van der Waals surface area contributed by atoms with Gasteiger partial charge in [-0.1, -0.05) is 54.6 Å². The Hall–Kier alpha value is -3.81. The molecule has 0 radical (unpaired) electrons. The van der Waals surface area contributed by atoms with Crippen molar-refractivity contribution in [1.29, 1.82) is 0 Å². The van der Waals surface area contributed by atoms with Gasteiger partial charge in [-0.2, -0.15) is 0 Å². The lowest BCUT2D eigenvalue weighted by atomic mass is 9.87. The van der Waals surface area contributed by atoms with Gasteiger partial charge in [-0.15, -0.1) is 0 Å². The Kier molecular flexibility index (Phi) is 9.73. The van der Waals surface area contributed by atoms with Crippen LogP contribution >= 0.6 is 0 Å². The highest BCUT2D eigenvalue weighted by molar-refractivity contribution is 5.98. The summed E-state index contributed by atoms with van der Waals surface area (Å²) in [7, 11) is 0. The van der Waals surface area contributed by atoms with E-state index in [-0.39, 0.29) is 18.4 Å². The van der Waals surface area contributed by atoms with E-state index in [9.17, 15) is 15.0 Å². The zero-order chi connectivity index (χ0) is 30.4. The van der Waals surface area contributed by atoms with E-state index in [0.29, 0.717) is 24.9 Å². The summed E-state index contributed by atoms with van der Waals surface area (Å²) in [5, 5.41) is 19.6. The van der Waals surface area contributed by atoms with Crippen LogP contribution in [-0.4, -0.2) is 77.6 Å². The highest BCUT2D eigenvalue weighted by Gasteiger charge is 2.42. The van der Waals surface area contributed by atoms with Crippen molar-refractivity contribution >= 4 is 17.2 Å². The van der Waals surface area contributed by atoms with Crippen LogP contribution in [0.25, 0.3) is 11.1 Å². The predicted molar refractivity (Wildman–Crippen MR) is 170 cm³/mol. The number of hydrogen-bond acceptors (Lipinski definition) is 6. The first-order valence-electron chi connectivity index (χ1n) is 15.3. The highest BCUT2D eigenvalue weighted by Crippen LogP contribution is 2.36. The van der Waals surface area contributed by atoms with Crippen LogP contribution in [0.5, 0.6) is 11.5 Å². The summed E-state index contributed by atoms with van der Waals surface area (Å²) >= 11 is 0. The number of phenols is 1. The molecule has 2 N–H and O–H groups in total. The van der Waals surface area contributed by atoms with Gasteiger partial charge >= 0.3 is 6.09 Å². The summed E-state index contributed by atoms with van der Waals surface area (Å²) in [4.78, 5) is 16.8. The van der Waals surface area contributed by atoms with Crippen molar-refractivity contribution in [1.82, 2.24) is 9.80 Å². The Morgan fingerprint density at radius 2 is 1.44 bits per heavy atom. The molecule has 3 aromatic carbocycles. The standard InChI is InChI=1S/C36H44N2O5/c1-36(2,3)43-35(41)38-24-29-22-37(23-30(29)25-38)19-21-42-32-17-13-28(14-18-32)34(27-11-15-31(40)16-12-27)33(10-7-20-39)26-8-5-4-6-9-26/h4-6,8-9,11-18,29-30,39-40H,7,10,19-25H2,1-3H3/b34-33-/t29-,30?/m1/s1. The molecule has 1 unspecified atom stereocenters. The van der Waals surface area contributed by atoms with E-state index < -0.39 is 5.60 Å². The fourth-order valence-corrected chi connectivity index (χ4v) is 6.21. The monoisotopic (exact) mass is 584 g/mol. The molecular weight excluding hydrogens is 540 g/mol. The normalized spacial score (nSPS) is 19.2. The van der Waals surface area contributed by atoms with Gasteiger partial charge in [0.05, 0.1) is 0 Å². The maximum absolute atomic E-state index is 12.5. The average molecular weight is 585 g/mol. The smallest absolute Gasteiger partial charge is 0.410 e. The second kappa shape index (κ2) is 13.7. The molecule has 2 heterocycles. The number of benzene rings is 3. The Bertz CT molecular complexity index is 1370. The number of carbonyl (C=O) groups is 1. The number of hydrogen-bond donors (Lipinski definition) is 2. The zero-order valence-corrected chi connectivity index (χ0v) is 25.5. The van der Waals surface area contributed by atoms with E-state index in [1.54, 1.807) is 12.1 Å². The number of ether oxygens (including phenoxy) is 2. The van der Waals surface area contributed by atoms with Crippen LogP contribution < -0.4 is 4.74 Å². The molecule has 5 rings (SSSR count). The first-order valence-corrected chi connectivity index (χ1v) is 15.3. The van der Waals surface area contributed by atoms with E-state index >= 15 is 0 Å². The van der Waals surface area contributed by atoms with Crippen LogP contribution in [0.1, 0.15) is 50.3 Å². The van der Waals surface area contributed by atoms with Crippen molar-refractivity contribution in [3.05, 3.63) is 95.6 Å². The lowest BCUT2D eigenvalue weighted by molar-refractivity contribution is 0.0273. The SMILES string of the molecule is CC(C)(C)OC(=O)N1CC2CN(CCOc3ccc(/C(=C(/CCCO)c4ccccc4)c4ccc(O)cc4)cc3)C[C@@H]2C1. The third-order valence-electron chi connectivity index (χ3n) is 8.20. The van der Waals surface area contributed by atoms with Crippen LogP contribution in [0.2, 0.25) is 0 Å². The molecule has 2 saturated heterocycles. The number of carbonyl (C=O) groups excluding carboxylic acids is 1. The first-order chi connectivity index (χ1) is 20.7. The summed E-state index contributed by atoms with van der Waals surface area (Å²) in [6, 6.07) is 25.8. The summed E-state index contributed by atoms with van der Waals surface area (Å²) in [6.45, 7) is 10.8. The number of phenolic OH excluding ortho intramolecular Hbond substituents is 1. The zero-order valence-electron chi connectivity index (χ0n) is 25.5. The molecule has 7 heteroatoms. The molecule has 2 aliphatic rings. The molecular formula is C36H44N2O5. The van der Waals surface area contributed by atoms with Crippen LogP contribution in [0.3, 0.4) is 0 Å². The number of aliphatic hydroxyl groups excluding tert-OH is 1. The Labute approximate surface area is 255 Å². The predicted octanol–water partition coefficient (Wildman–Crippen LogP) is 6.30. The van der Waals surface area contributed by atoms with Crippen LogP contribution in [-0.2, 0) is 4.74 Å². The average Bonchev–Trinajstić information content (AvgIpc) is 3.56. The van der Waals surface area contributed by atoms with Gasteiger partial charge in [0.1, 0.15) is 23.7 Å². The van der Waals surface area contributed by atoms with Gasteiger partial charge in [0.15, 0.2) is 0 Å². The quantitative estimate of drug-likeness (QED) is 0.272. The van der Waals surface area contributed by atoms with Gasteiger partial charge in [-0.25, -0.2) is 4.79 Å². The first kappa shape index (κ1) is 30.6. The Morgan fingerprint density at radius 1 is 0.837 bits per heavy atom. The van der Waals surface area contributed by atoms with E-state index in [0.717, 1.165) is 72.7 Å². The van der Waals surface area contributed by atoms with Gasteiger partial charge in [0.2, 0.25) is 0 Å². The third kappa shape index (κ3) is 7.98. The van der Waals surface area contributed by atoms with Gasteiger partial charge in [-0.3, -0.25) is 4.90 Å². The topological polar surface area (TPSA) is 82.5 Å². The molecule has 0 bridgehead atoms. The van der Waals surface area contributed by atoms with Crippen molar-refractivity contribution in [3.8, 4) is 11.5 Å². The van der Waals surface area contributed by atoms with Crippen LogP contribution in [0, 0.1) is 11.8 Å².